The van der Waals surface area contributed by atoms with Crippen LogP contribution in [0.5, 0.6) is 5.75 Å². The van der Waals surface area contributed by atoms with Crippen LogP contribution in [-0.4, -0.2) is 27.1 Å². The smallest absolute Gasteiger partial charge is 0.337 e. The predicted molar refractivity (Wildman–Crippen MR) is 86.3 cm³/mol. The molecule has 0 unspecified atom stereocenters. The van der Waals surface area contributed by atoms with Gasteiger partial charge in [0.15, 0.2) is 0 Å². The van der Waals surface area contributed by atoms with E-state index in [-0.39, 0.29) is 11.1 Å². The highest BCUT2D eigenvalue weighted by Gasteiger charge is 2.10. The van der Waals surface area contributed by atoms with Gasteiger partial charge in [-0.2, -0.15) is 0 Å². The molecule has 0 radical (unpaired) electrons. The van der Waals surface area contributed by atoms with E-state index in [1.165, 1.54) is 22.7 Å². The van der Waals surface area contributed by atoms with Gasteiger partial charge in [-0.05, 0) is 36.8 Å². The van der Waals surface area contributed by atoms with Crippen molar-refractivity contribution in [2.45, 2.75) is 19.8 Å². The monoisotopic (exact) mass is 312 g/mol. The standard InChI is InChI=1S/C17H16N2O4/c1-2-3-8-23-12-5-6-14-13(9-12)16(20)19-10-11(17(21)22)4-7-15(19)18-14/h4-7,9-10H,2-3,8H2,1H3,(H,21,22). The van der Waals surface area contributed by atoms with Gasteiger partial charge in [0.25, 0.3) is 5.56 Å². The minimum Gasteiger partial charge on any atom is -0.494 e. The van der Waals surface area contributed by atoms with Crippen molar-refractivity contribution in [3.8, 4) is 5.75 Å². The van der Waals surface area contributed by atoms with Gasteiger partial charge in [-0.15, -0.1) is 0 Å². The largest absolute Gasteiger partial charge is 0.494 e. The number of aromatic carboxylic acids is 1. The average molecular weight is 312 g/mol. The van der Waals surface area contributed by atoms with E-state index in [4.69, 9.17) is 9.84 Å². The number of hydrogen-bond acceptors (Lipinski definition) is 4. The second-order valence-corrected chi connectivity index (χ2v) is 5.25. The molecule has 0 aliphatic heterocycles. The fourth-order valence-electron chi connectivity index (χ4n) is 2.33. The highest BCUT2D eigenvalue weighted by molar-refractivity contribution is 5.88. The molecule has 0 aliphatic rings. The van der Waals surface area contributed by atoms with E-state index in [1.54, 1.807) is 18.2 Å². The summed E-state index contributed by atoms with van der Waals surface area (Å²) in [6.07, 6.45) is 3.26. The molecular weight excluding hydrogens is 296 g/mol. The van der Waals surface area contributed by atoms with Gasteiger partial charge < -0.3 is 9.84 Å². The van der Waals surface area contributed by atoms with E-state index in [9.17, 15) is 9.59 Å². The maximum atomic E-state index is 12.6. The fraction of sp³-hybridized carbons (Fsp3) is 0.235. The molecule has 0 saturated heterocycles. The van der Waals surface area contributed by atoms with Crippen LogP contribution in [-0.2, 0) is 0 Å². The molecule has 0 spiro atoms. The molecule has 23 heavy (non-hydrogen) atoms. The summed E-state index contributed by atoms with van der Waals surface area (Å²) in [5.74, 6) is -0.477. The van der Waals surface area contributed by atoms with Crippen LogP contribution in [0, 0.1) is 0 Å². The molecule has 0 fully saturated rings. The number of benzene rings is 1. The van der Waals surface area contributed by atoms with Gasteiger partial charge in [-0.25, -0.2) is 9.78 Å². The number of rotatable bonds is 5. The van der Waals surface area contributed by atoms with Crippen molar-refractivity contribution in [3.63, 3.8) is 0 Å². The average Bonchev–Trinajstić information content (AvgIpc) is 2.55. The summed E-state index contributed by atoms with van der Waals surface area (Å²) in [5.41, 5.74) is 0.693. The SMILES string of the molecule is CCCCOc1ccc2nc3ccc(C(=O)O)cn3c(=O)c2c1. The van der Waals surface area contributed by atoms with Crippen LogP contribution in [0.1, 0.15) is 30.1 Å². The second kappa shape index (κ2) is 6.08. The molecule has 118 valence electrons. The molecule has 2 aromatic heterocycles. The van der Waals surface area contributed by atoms with Crippen LogP contribution < -0.4 is 10.3 Å². The first-order valence-electron chi connectivity index (χ1n) is 7.42. The Morgan fingerprint density at radius 1 is 1.30 bits per heavy atom. The third kappa shape index (κ3) is 2.88. The van der Waals surface area contributed by atoms with Crippen LogP contribution in [0.4, 0.5) is 0 Å². The van der Waals surface area contributed by atoms with Crippen molar-refractivity contribution < 1.29 is 14.6 Å². The lowest BCUT2D eigenvalue weighted by Gasteiger charge is -2.08. The number of carboxylic acids is 1. The minimum atomic E-state index is -1.09. The Kier molecular flexibility index (Phi) is 3.97. The number of fused-ring (bicyclic) bond motifs is 2. The van der Waals surface area contributed by atoms with Crippen LogP contribution in [0.3, 0.4) is 0 Å². The Balaban J connectivity index is 2.14. The van der Waals surface area contributed by atoms with Crippen LogP contribution >= 0.6 is 0 Å². The highest BCUT2D eigenvalue weighted by Crippen LogP contribution is 2.18. The quantitative estimate of drug-likeness (QED) is 0.578. The topological polar surface area (TPSA) is 80.9 Å². The van der Waals surface area contributed by atoms with E-state index < -0.39 is 5.97 Å². The summed E-state index contributed by atoms with van der Waals surface area (Å²) >= 11 is 0. The molecule has 1 N–H and O–H groups in total. The Hall–Kier alpha value is -2.89. The molecule has 0 bridgehead atoms. The molecule has 2 heterocycles. The third-order valence-electron chi connectivity index (χ3n) is 3.59. The van der Waals surface area contributed by atoms with Crippen molar-refractivity contribution in [3.05, 3.63) is 52.4 Å². The number of ether oxygens (including phenoxy) is 1. The number of carboxylic acid groups (broad SMARTS) is 1. The van der Waals surface area contributed by atoms with E-state index in [2.05, 4.69) is 11.9 Å². The zero-order valence-electron chi connectivity index (χ0n) is 12.7. The molecule has 6 heteroatoms. The summed E-state index contributed by atoms with van der Waals surface area (Å²) in [5, 5.41) is 9.46. The predicted octanol–water partition coefficient (Wildman–Crippen LogP) is 2.72. The number of hydrogen-bond donors (Lipinski definition) is 1. The van der Waals surface area contributed by atoms with Crippen molar-refractivity contribution in [2.75, 3.05) is 6.61 Å². The van der Waals surface area contributed by atoms with Gasteiger partial charge in [0.2, 0.25) is 0 Å². The number of carbonyl (C=O) groups is 1. The zero-order valence-corrected chi connectivity index (χ0v) is 12.7. The lowest BCUT2D eigenvalue weighted by molar-refractivity contribution is 0.0696. The number of aromatic nitrogens is 2. The van der Waals surface area contributed by atoms with Crippen molar-refractivity contribution >= 4 is 22.5 Å². The van der Waals surface area contributed by atoms with Crippen molar-refractivity contribution in [1.82, 2.24) is 9.38 Å². The van der Waals surface area contributed by atoms with Crippen molar-refractivity contribution in [2.24, 2.45) is 0 Å². The Morgan fingerprint density at radius 2 is 2.13 bits per heavy atom. The molecule has 1 aromatic carbocycles. The van der Waals surface area contributed by atoms with Gasteiger partial charge in [-0.1, -0.05) is 13.3 Å². The lowest BCUT2D eigenvalue weighted by Crippen LogP contribution is -2.16. The first-order chi connectivity index (χ1) is 11.1. The van der Waals surface area contributed by atoms with E-state index in [0.29, 0.717) is 28.9 Å². The molecule has 3 aromatic rings. The zero-order chi connectivity index (χ0) is 16.4. The summed E-state index contributed by atoms with van der Waals surface area (Å²) in [6.45, 7) is 2.67. The van der Waals surface area contributed by atoms with Gasteiger partial charge >= 0.3 is 5.97 Å². The first-order valence-corrected chi connectivity index (χ1v) is 7.42. The Bertz CT molecular complexity index is 946. The second-order valence-electron chi connectivity index (χ2n) is 5.25. The molecule has 6 nitrogen and oxygen atoms in total. The summed E-state index contributed by atoms with van der Waals surface area (Å²) < 4.78 is 6.87. The number of pyridine rings is 1. The van der Waals surface area contributed by atoms with Gasteiger partial charge in [0, 0.05) is 6.20 Å². The maximum absolute atomic E-state index is 12.6. The van der Waals surface area contributed by atoms with Crippen LogP contribution in [0.25, 0.3) is 16.6 Å². The van der Waals surface area contributed by atoms with Gasteiger partial charge in [0.05, 0.1) is 23.1 Å². The molecule has 0 saturated carbocycles. The summed E-state index contributed by atoms with van der Waals surface area (Å²) in [7, 11) is 0. The molecule has 0 aliphatic carbocycles. The van der Waals surface area contributed by atoms with Crippen molar-refractivity contribution in [1.29, 1.82) is 0 Å². The fourth-order valence-corrected chi connectivity index (χ4v) is 2.33. The normalized spacial score (nSPS) is 11.0. The Labute approximate surface area is 132 Å². The van der Waals surface area contributed by atoms with Crippen LogP contribution in [0.15, 0.2) is 41.3 Å². The Morgan fingerprint density at radius 3 is 2.87 bits per heavy atom. The van der Waals surface area contributed by atoms with E-state index >= 15 is 0 Å². The van der Waals surface area contributed by atoms with Crippen LogP contribution in [0.2, 0.25) is 0 Å². The molecule has 0 atom stereocenters. The molecular formula is C17H16N2O4. The van der Waals surface area contributed by atoms with Gasteiger partial charge in [0.1, 0.15) is 11.4 Å². The van der Waals surface area contributed by atoms with Gasteiger partial charge in [-0.3, -0.25) is 9.20 Å². The maximum Gasteiger partial charge on any atom is 0.337 e. The molecule has 3 rings (SSSR count). The van der Waals surface area contributed by atoms with E-state index in [0.717, 1.165) is 12.8 Å². The molecule has 0 amide bonds. The first kappa shape index (κ1) is 15.0. The van der Waals surface area contributed by atoms with E-state index in [1.807, 2.05) is 0 Å². The summed E-state index contributed by atoms with van der Waals surface area (Å²) in [4.78, 5) is 28.1. The summed E-state index contributed by atoms with van der Waals surface area (Å²) in [6, 6.07) is 8.13. The number of unbranched alkanes of at least 4 members (excludes halogenated alkanes) is 1. The highest BCUT2D eigenvalue weighted by atomic mass is 16.5. The lowest BCUT2D eigenvalue weighted by atomic mass is 10.2. The number of nitrogens with zero attached hydrogens (tertiary/aromatic N) is 2. The minimum absolute atomic E-state index is 0.0381. The third-order valence-corrected chi connectivity index (χ3v) is 3.59.